The van der Waals surface area contributed by atoms with Gasteiger partial charge in [0.05, 0.1) is 4.92 Å². The van der Waals surface area contributed by atoms with Gasteiger partial charge in [-0.2, -0.15) is 4.98 Å². The molecule has 2 N–H and O–H groups in total. The minimum absolute atomic E-state index is 0.0683. The maximum absolute atomic E-state index is 11.1. The first-order chi connectivity index (χ1) is 9.65. The van der Waals surface area contributed by atoms with Crippen LogP contribution in [-0.2, 0) is 0 Å². The molecule has 0 amide bonds. The smallest absolute Gasteiger partial charge is 0.329 e. The second kappa shape index (κ2) is 5.20. The van der Waals surface area contributed by atoms with E-state index in [2.05, 4.69) is 14.9 Å². The van der Waals surface area contributed by atoms with Crippen LogP contribution in [0.1, 0.15) is 19.3 Å². The van der Waals surface area contributed by atoms with E-state index in [9.17, 15) is 10.1 Å². The van der Waals surface area contributed by atoms with Crippen molar-refractivity contribution >= 4 is 17.5 Å². The van der Waals surface area contributed by atoms with Crippen LogP contribution < -0.4 is 10.6 Å². The van der Waals surface area contributed by atoms with Crippen molar-refractivity contribution < 1.29 is 4.92 Å². The summed E-state index contributed by atoms with van der Waals surface area (Å²) in [6.07, 6.45) is 4.70. The van der Waals surface area contributed by atoms with Gasteiger partial charge < -0.3 is 10.6 Å². The van der Waals surface area contributed by atoms with Gasteiger partial charge in [-0.05, 0) is 32.4 Å². The van der Waals surface area contributed by atoms with Gasteiger partial charge in [0.2, 0.25) is 11.8 Å². The Kier molecular flexibility index (Phi) is 3.39. The summed E-state index contributed by atoms with van der Waals surface area (Å²) in [6, 6.07) is 0.466. The second-order valence-electron chi connectivity index (χ2n) is 5.33. The predicted molar refractivity (Wildman–Crippen MR) is 74.5 cm³/mol. The minimum atomic E-state index is -0.446. The highest BCUT2D eigenvalue weighted by Gasteiger charge is 2.33. The quantitative estimate of drug-likeness (QED) is 0.639. The van der Waals surface area contributed by atoms with Crippen LogP contribution in [0.5, 0.6) is 0 Å². The van der Waals surface area contributed by atoms with Gasteiger partial charge in [-0.15, -0.1) is 0 Å². The van der Waals surface area contributed by atoms with Crippen LogP contribution in [0.3, 0.4) is 0 Å². The lowest BCUT2D eigenvalue weighted by Crippen LogP contribution is -2.35. The molecule has 8 nitrogen and oxygen atoms in total. The highest BCUT2D eigenvalue weighted by molar-refractivity contribution is 5.59. The molecule has 1 aromatic rings. The summed E-state index contributed by atoms with van der Waals surface area (Å²) in [5, 5.41) is 11.1. The first kappa shape index (κ1) is 13.0. The third kappa shape index (κ3) is 2.38. The largest absolute Gasteiger partial charge is 0.368 e. The van der Waals surface area contributed by atoms with Crippen molar-refractivity contribution in [2.24, 2.45) is 0 Å². The molecule has 0 aromatic carbocycles. The Balaban J connectivity index is 1.80. The number of nitrogens with zero attached hydrogens (tertiary/aromatic N) is 5. The zero-order valence-corrected chi connectivity index (χ0v) is 11.2. The van der Waals surface area contributed by atoms with Gasteiger partial charge in [0, 0.05) is 19.1 Å². The fraction of sp³-hybridized carbons (Fsp3) is 0.667. The lowest BCUT2D eigenvalue weighted by atomic mass is 10.2. The molecule has 1 atom stereocenters. The summed E-state index contributed by atoms with van der Waals surface area (Å²) in [4.78, 5) is 22.8. The molecule has 3 heterocycles. The molecule has 2 aliphatic rings. The summed E-state index contributed by atoms with van der Waals surface area (Å²) in [7, 11) is 0. The molecule has 108 valence electrons. The Morgan fingerprint density at radius 3 is 2.80 bits per heavy atom. The second-order valence-corrected chi connectivity index (χ2v) is 5.33. The van der Waals surface area contributed by atoms with Gasteiger partial charge in [0.1, 0.15) is 6.20 Å². The van der Waals surface area contributed by atoms with E-state index in [0.29, 0.717) is 11.9 Å². The average molecular weight is 278 g/mol. The normalized spacial score (nSPS) is 23.4. The number of likely N-dealkylation sites (tertiary alicyclic amines) is 1. The molecule has 1 aromatic heterocycles. The van der Waals surface area contributed by atoms with Gasteiger partial charge in [-0.3, -0.25) is 15.0 Å². The van der Waals surface area contributed by atoms with Crippen LogP contribution in [0, 0.1) is 10.1 Å². The number of hydrogen-bond donors (Lipinski definition) is 1. The van der Waals surface area contributed by atoms with E-state index in [1.165, 1.54) is 19.0 Å². The van der Waals surface area contributed by atoms with Crippen molar-refractivity contribution in [3.63, 3.8) is 0 Å². The van der Waals surface area contributed by atoms with Crippen molar-refractivity contribution in [1.82, 2.24) is 14.9 Å². The topological polar surface area (TPSA) is 101 Å². The molecule has 0 radical (unpaired) electrons. The van der Waals surface area contributed by atoms with Crippen LogP contribution >= 0.6 is 0 Å². The molecule has 20 heavy (non-hydrogen) atoms. The third-order valence-corrected chi connectivity index (χ3v) is 4.09. The number of nitro groups is 1. The molecular weight excluding hydrogens is 260 g/mol. The Hall–Kier alpha value is -1.96. The van der Waals surface area contributed by atoms with Crippen molar-refractivity contribution in [2.75, 3.05) is 36.8 Å². The van der Waals surface area contributed by atoms with Crippen LogP contribution in [0.15, 0.2) is 6.20 Å². The molecule has 0 bridgehead atoms. The van der Waals surface area contributed by atoms with Crippen LogP contribution in [0.2, 0.25) is 0 Å². The third-order valence-electron chi connectivity index (χ3n) is 4.09. The first-order valence-electron chi connectivity index (χ1n) is 6.91. The zero-order chi connectivity index (χ0) is 14.1. The van der Waals surface area contributed by atoms with Gasteiger partial charge in [-0.1, -0.05) is 0 Å². The molecule has 1 unspecified atom stereocenters. The summed E-state index contributed by atoms with van der Waals surface area (Å²) >= 11 is 0. The SMILES string of the molecule is Nc1ncc([N+](=O)[O-])c(N2CCC(N3CCCC3)C2)n1. The Morgan fingerprint density at radius 1 is 1.35 bits per heavy atom. The standard InChI is InChI=1S/C12H18N6O2/c13-12-14-7-10(18(19)20)11(15-12)17-6-3-9(8-17)16-4-1-2-5-16/h7,9H,1-6,8H2,(H2,13,14,15). The van der Waals surface area contributed by atoms with E-state index in [0.717, 1.165) is 32.6 Å². The summed E-state index contributed by atoms with van der Waals surface area (Å²) in [5.74, 6) is 0.430. The summed E-state index contributed by atoms with van der Waals surface area (Å²) in [5.41, 5.74) is 5.50. The first-order valence-corrected chi connectivity index (χ1v) is 6.91. The maximum atomic E-state index is 11.1. The van der Waals surface area contributed by atoms with E-state index in [1.54, 1.807) is 0 Å². The Morgan fingerprint density at radius 2 is 2.10 bits per heavy atom. The van der Waals surface area contributed by atoms with E-state index in [4.69, 9.17) is 5.73 Å². The number of nitrogens with two attached hydrogens (primary N) is 1. The number of nitrogen functional groups attached to an aromatic ring is 1. The predicted octanol–water partition coefficient (Wildman–Crippen LogP) is 0.641. The highest BCUT2D eigenvalue weighted by atomic mass is 16.6. The Labute approximate surface area is 116 Å². The van der Waals surface area contributed by atoms with E-state index >= 15 is 0 Å². The molecule has 8 heteroatoms. The fourth-order valence-electron chi connectivity index (χ4n) is 3.08. The molecule has 0 aliphatic carbocycles. The molecule has 2 fully saturated rings. The van der Waals surface area contributed by atoms with Gasteiger partial charge in [0.25, 0.3) is 0 Å². The van der Waals surface area contributed by atoms with E-state index < -0.39 is 4.92 Å². The molecule has 0 spiro atoms. The van der Waals surface area contributed by atoms with Crippen molar-refractivity contribution in [3.8, 4) is 0 Å². The Bertz CT molecular complexity index is 517. The number of anilines is 2. The molecule has 3 rings (SSSR count). The summed E-state index contributed by atoms with van der Waals surface area (Å²) in [6.45, 7) is 3.81. The highest BCUT2D eigenvalue weighted by Crippen LogP contribution is 2.30. The van der Waals surface area contributed by atoms with Crippen molar-refractivity contribution in [2.45, 2.75) is 25.3 Å². The molecule has 2 saturated heterocycles. The van der Waals surface area contributed by atoms with Crippen LogP contribution in [-0.4, -0.2) is 52.0 Å². The van der Waals surface area contributed by atoms with Gasteiger partial charge >= 0.3 is 5.69 Å². The molecule has 2 aliphatic heterocycles. The van der Waals surface area contributed by atoms with Crippen LogP contribution in [0.4, 0.5) is 17.5 Å². The average Bonchev–Trinajstić information content (AvgIpc) is 3.09. The zero-order valence-electron chi connectivity index (χ0n) is 11.2. The number of hydrogen-bond acceptors (Lipinski definition) is 7. The van der Waals surface area contributed by atoms with Gasteiger partial charge in [0.15, 0.2) is 0 Å². The summed E-state index contributed by atoms with van der Waals surface area (Å²) < 4.78 is 0. The van der Waals surface area contributed by atoms with E-state index in [1.807, 2.05) is 4.90 Å². The lowest BCUT2D eigenvalue weighted by molar-refractivity contribution is -0.384. The minimum Gasteiger partial charge on any atom is -0.368 e. The van der Waals surface area contributed by atoms with Crippen molar-refractivity contribution in [1.29, 1.82) is 0 Å². The van der Waals surface area contributed by atoms with Crippen molar-refractivity contribution in [3.05, 3.63) is 16.3 Å². The monoisotopic (exact) mass is 278 g/mol. The number of aromatic nitrogens is 2. The molecular formula is C12H18N6O2. The van der Waals surface area contributed by atoms with Crippen LogP contribution in [0.25, 0.3) is 0 Å². The van der Waals surface area contributed by atoms with E-state index in [-0.39, 0.29) is 11.6 Å². The lowest BCUT2D eigenvalue weighted by Gasteiger charge is -2.23. The number of rotatable bonds is 3. The fourth-order valence-corrected chi connectivity index (χ4v) is 3.08. The van der Waals surface area contributed by atoms with Gasteiger partial charge in [-0.25, -0.2) is 4.98 Å². The molecule has 0 saturated carbocycles. The maximum Gasteiger partial charge on any atom is 0.329 e.